The minimum absolute atomic E-state index is 0.208. The maximum Gasteiger partial charge on any atom is 0.162 e. The first kappa shape index (κ1) is 16.5. The molecular formula is C21H30O2. The third kappa shape index (κ3) is 3.62. The number of carbonyl (C=O) groups is 1. The minimum Gasteiger partial charge on any atom is -0.507 e. The van der Waals surface area contributed by atoms with Crippen molar-refractivity contribution in [2.75, 3.05) is 0 Å². The molecule has 2 aliphatic carbocycles. The Morgan fingerprint density at radius 3 is 1.74 bits per heavy atom. The number of hydrogen-bond donors (Lipinski definition) is 1. The Morgan fingerprint density at radius 1 is 0.913 bits per heavy atom. The van der Waals surface area contributed by atoms with Crippen LogP contribution in [0.5, 0.6) is 5.75 Å². The van der Waals surface area contributed by atoms with Crippen LogP contribution in [0.4, 0.5) is 0 Å². The van der Waals surface area contributed by atoms with E-state index in [2.05, 4.69) is 0 Å². The third-order valence-corrected chi connectivity index (χ3v) is 5.90. The molecule has 2 saturated carbocycles. The molecule has 0 heterocycles. The fourth-order valence-electron chi connectivity index (χ4n) is 4.49. The maximum absolute atomic E-state index is 12.3. The molecule has 0 aliphatic heterocycles. The fourth-order valence-corrected chi connectivity index (χ4v) is 4.49. The second-order valence-electron chi connectivity index (χ2n) is 7.45. The lowest BCUT2D eigenvalue weighted by molar-refractivity contribution is 0.0988. The van der Waals surface area contributed by atoms with Crippen molar-refractivity contribution in [1.82, 2.24) is 0 Å². The van der Waals surface area contributed by atoms with Gasteiger partial charge in [0.25, 0.3) is 0 Å². The molecule has 2 nitrogen and oxygen atoms in total. The summed E-state index contributed by atoms with van der Waals surface area (Å²) in [7, 11) is 0. The summed E-state index contributed by atoms with van der Waals surface area (Å²) < 4.78 is 0. The molecule has 2 fully saturated rings. The van der Waals surface area contributed by atoms with Crippen molar-refractivity contribution in [3.63, 3.8) is 0 Å². The maximum atomic E-state index is 12.3. The Hall–Kier alpha value is -1.31. The van der Waals surface area contributed by atoms with Crippen molar-refractivity contribution < 1.29 is 9.90 Å². The summed E-state index contributed by atoms with van der Waals surface area (Å²) in [6.07, 6.45) is 12.7. The van der Waals surface area contributed by atoms with Gasteiger partial charge >= 0.3 is 0 Å². The predicted octanol–water partition coefficient (Wildman–Crippen LogP) is 6.08. The van der Waals surface area contributed by atoms with Crippen LogP contribution < -0.4 is 0 Å². The van der Waals surface area contributed by atoms with E-state index in [4.69, 9.17) is 0 Å². The number of ketones is 1. The summed E-state index contributed by atoms with van der Waals surface area (Å²) in [6, 6.07) is 4.01. The standard InChI is InChI=1S/C21H30O2/c1-2-20(22)17-13-18(15-9-5-3-6-10-15)21(23)19(14-17)16-11-7-4-8-12-16/h13-16,23H,2-12H2,1H3. The van der Waals surface area contributed by atoms with Gasteiger partial charge in [0, 0.05) is 12.0 Å². The molecule has 3 rings (SSSR count). The lowest BCUT2D eigenvalue weighted by Gasteiger charge is -2.28. The molecule has 0 spiro atoms. The number of aromatic hydroxyl groups is 1. The Labute approximate surface area is 140 Å². The average molecular weight is 314 g/mol. The van der Waals surface area contributed by atoms with Crippen LogP contribution >= 0.6 is 0 Å². The number of carbonyl (C=O) groups excluding carboxylic acids is 1. The summed E-state index contributed by atoms with van der Waals surface area (Å²) in [5, 5.41) is 11.0. The average Bonchev–Trinajstić information content (AvgIpc) is 2.62. The van der Waals surface area contributed by atoms with E-state index in [9.17, 15) is 9.90 Å². The van der Waals surface area contributed by atoms with Crippen LogP contribution in [0, 0.1) is 0 Å². The van der Waals surface area contributed by atoms with Crippen LogP contribution in [0.1, 0.15) is 111 Å². The summed E-state index contributed by atoms with van der Waals surface area (Å²) in [6.45, 7) is 1.93. The third-order valence-electron chi connectivity index (χ3n) is 5.90. The van der Waals surface area contributed by atoms with E-state index in [1.807, 2.05) is 19.1 Å². The molecule has 0 aromatic heterocycles. The van der Waals surface area contributed by atoms with Crippen LogP contribution in [0.15, 0.2) is 12.1 Å². The Kier molecular flexibility index (Phi) is 5.40. The summed E-state index contributed by atoms with van der Waals surface area (Å²) in [4.78, 5) is 12.3. The van der Waals surface area contributed by atoms with Crippen LogP contribution in [-0.4, -0.2) is 10.9 Å². The summed E-state index contributed by atoms with van der Waals surface area (Å²) in [5.74, 6) is 1.60. The van der Waals surface area contributed by atoms with E-state index in [0.717, 1.165) is 42.4 Å². The van der Waals surface area contributed by atoms with Crippen molar-refractivity contribution in [2.45, 2.75) is 89.4 Å². The van der Waals surface area contributed by atoms with E-state index in [-0.39, 0.29) is 5.78 Å². The van der Waals surface area contributed by atoms with E-state index < -0.39 is 0 Å². The second-order valence-corrected chi connectivity index (χ2v) is 7.45. The van der Waals surface area contributed by atoms with Gasteiger partial charge in [0.2, 0.25) is 0 Å². The van der Waals surface area contributed by atoms with Gasteiger partial charge in [0.1, 0.15) is 5.75 Å². The molecule has 2 heteroatoms. The molecule has 0 radical (unpaired) electrons. The Morgan fingerprint density at radius 2 is 1.35 bits per heavy atom. The summed E-state index contributed by atoms with van der Waals surface area (Å²) in [5.41, 5.74) is 2.94. The number of phenols is 1. The van der Waals surface area contributed by atoms with Crippen LogP contribution in [0.2, 0.25) is 0 Å². The second kappa shape index (κ2) is 7.51. The molecule has 2 aliphatic rings. The van der Waals surface area contributed by atoms with Gasteiger partial charge in [-0.05, 0) is 60.8 Å². The van der Waals surface area contributed by atoms with Gasteiger partial charge in [0.05, 0.1) is 0 Å². The molecular weight excluding hydrogens is 284 g/mol. The lowest BCUT2D eigenvalue weighted by atomic mass is 9.78. The molecule has 1 aromatic carbocycles. The Bertz CT molecular complexity index is 510. The SMILES string of the molecule is CCC(=O)c1cc(C2CCCCC2)c(O)c(C2CCCCC2)c1. The molecule has 126 valence electrons. The molecule has 1 aromatic rings. The number of phenolic OH excluding ortho intramolecular Hbond substituents is 1. The highest BCUT2D eigenvalue weighted by molar-refractivity contribution is 5.96. The quantitative estimate of drug-likeness (QED) is 0.684. The highest BCUT2D eigenvalue weighted by Crippen LogP contribution is 2.44. The minimum atomic E-state index is 0.208. The van der Waals surface area contributed by atoms with Gasteiger partial charge in [-0.1, -0.05) is 45.4 Å². The van der Waals surface area contributed by atoms with E-state index in [0.29, 0.717) is 24.0 Å². The van der Waals surface area contributed by atoms with E-state index >= 15 is 0 Å². The van der Waals surface area contributed by atoms with E-state index in [1.165, 1.54) is 38.5 Å². The summed E-state index contributed by atoms with van der Waals surface area (Å²) >= 11 is 0. The van der Waals surface area contributed by atoms with Gasteiger partial charge < -0.3 is 5.11 Å². The van der Waals surface area contributed by atoms with Crippen molar-refractivity contribution >= 4 is 5.78 Å². The zero-order chi connectivity index (χ0) is 16.2. The zero-order valence-corrected chi connectivity index (χ0v) is 14.4. The van der Waals surface area contributed by atoms with Crippen molar-refractivity contribution in [2.24, 2.45) is 0 Å². The van der Waals surface area contributed by atoms with Gasteiger partial charge in [-0.25, -0.2) is 0 Å². The first-order valence-corrected chi connectivity index (χ1v) is 9.60. The van der Waals surface area contributed by atoms with Crippen molar-refractivity contribution in [3.05, 3.63) is 28.8 Å². The highest BCUT2D eigenvalue weighted by Gasteiger charge is 2.26. The Balaban J connectivity index is 2.00. The van der Waals surface area contributed by atoms with Gasteiger partial charge in [0.15, 0.2) is 5.78 Å². The van der Waals surface area contributed by atoms with Crippen LogP contribution in [0.25, 0.3) is 0 Å². The first-order valence-electron chi connectivity index (χ1n) is 9.60. The molecule has 0 bridgehead atoms. The normalized spacial score (nSPS) is 20.6. The number of hydrogen-bond acceptors (Lipinski definition) is 2. The lowest BCUT2D eigenvalue weighted by Crippen LogP contribution is -2.11. The molecule has 0 unspecified atom stereocenters. The van der Waals surface area contributed by atoms with Crippen molar-refractivity contribution in [3.8, 4) is 5.75 Å². The molecule has 0 amide bonds. The largest absolute Gasteiger partial charge is 0.507 e. The van der Waals surface area contributed by atoms with E-state index in [1.54, 1.807) is 0 Å². The number of Topliss-reactive ketones (excluding diaryl/α,β-unsaturated/α-hetero) is 1. The van der Waals surface area contributed by atoms with Crippen LogP contribution in [-0.2, 0) is 0 Å². The fraction of sp³-hybridized carbons (Fsp3) is 0.667. The topological polar surface area (TPSA) is 37.3 Å². The van der Waals surface area contributed by atoms with Crippen LogP contribution in [0.3, 0.4) is 0 Å². The number of benzene rings is 1. The van der Waals surface area contributed by atoms with Gasteiger partial charge in [-0.15, -0.1) is 0 Å². The van der Waals surface area contributed by atoms with Gasteiger partial charge in [-0.3, -0.25) is 4.79 Å². The monoisotopic (exact) mass is 314 g/mol. The van der Waals surface area contributed by atoms with Crippen molar-refractivity contribution in [1.29, 1.82) is 0 Å². The molecule has 1 N–H and O–H groups in total. The predicted molar refractivity (Wildman–Crippen MR) is 94.4 cm³/mol. The molecule has 0 atom stereocenters. The number of rotatable bonds is 4. The molecule has 0 saturated heterocycles. The zero-order valence-electron chi connectivity index (χ0n) is 14.4. The smallest absolute Gasteiger partial charge is 0.162 e. The van der Waals surface area contributed by atoms with Gasteiger partial charge in [-0.2, -0.15) is 0 Å². The highest BCUT2D eigenvalue weighted by atomic mass is 16.3. The molecule has 23 heavy (non-hydrogen) atoms. The first-order chi connectivity index (χ1) is 11.2.